The SMILES string of the molecule is C=CCN1C(=O)/C(=C\c2ccc(O)cc2)SC1=S. The molecule has 1 fully saturated rings. The standard InChI is InChI=1S/C13H11NO2S2/c1-2-7-14-12(16)11(18-13(14)17)8-9-3-5-10(15)6-4-9/h2-6,8,15H,1,7H2/b11-8+. The monoisotopic (exact) mass is 277 g/mol. The molecule has 2 rings (SSSR count). The maximum atomic E-state index is 12.0. The van der Waals surface area contributed by atoms with Crippen molar-refractivity contribution in [1.82, 2.24) is 4.90 Å². The average Bonchev–Trinajstić information content (AvgIpc) is 2.60. The molecule has 1 heterocycles. The number of nitrogens with zero attached hydrogens (tertiary/aromatic N) is 1. The van der Waals surface area contributed by atoms with Crippen LogP contribution in [0.4, 0.5) is 0 Å². The highest BCUT2D eigenvalue weighted by molar-refractivity contribution is 8.26. The Bertz CT molecular complexity index is 534. The molecule has 1 N–H and O–H groups in total. The third kappa shape index (κ3) is 2.63. The number of carbonyl (C=O) groups is 1. The molecule has 0 aliphatic carbocycles. The van der Waals surface area contributed by atoms with E-state index in [0.29, 0.717) is 15.8 Å². The summed E-state index contributed by atoms with van der Waals surface area (Å²) in [5, 5.41) is 9.19. The van der Waals surface area contributed by atoms with Crippen LogP contribution in [0.5, 0.6) is 5.75 Å². The van der Waals surface area contributed by atoms with Crippen molar-refractivity contribution in [2.75, 3.05) is 6.54 Å². The first-order valence-corrected chi connectivity index (χ1v) is 6.49. The number of amides is 1. The fourth-order valence-electron chi connectivity index (χ4n) is 1.51. The summed E-state index contributed by atoms with van der Waals surface area (Å²) in [7, 11) is 0. The molecular formula is C13H11NO2S2. The van der Waals surface area contributed by atoms with E-state index in [2.05, 4.69) is 6.58 Å². The molecule has 92 valence electrons. The maximum absolute atomic E-state index is 12.0. The first-order valence-electron chi connectivity index (χ1n) is 5.27. The van der Waals surface area contributed by atoms with Crippen molar-refractivity contribution >= 4 is 40.3 Å². The van der Waals surface area contributed by atoms with E-state index in [1.807, 2.05) is 0 Å². The number of hydrogen-bond donors (Lipinski definition) is 1. The Kier molecular flexibility index (Phi) is 3.84. The van der Waals surface area contributed by atoms with Crippen LogP contribution in [-0.2, 0) is 4.79 Å². The van der Waals surface area contributed by atoms with Gasteiger partial charge in [0.15, 0.2) is 0 Å². The van der Waals surface area contributed by atoms with Gasteiger partial charge in [0.05, 0.1) is 4.91 Å². The molecule has 0 saturated carbocycles. The third-order valence-corrected chi connectivity index (χ3v) is 3.75. The normalized spacial score (nSPS) is 17.6. The van der Waals surface area contributed by atoms with Gasteiger partial charge in [-0.1, -0.05) is 42.2 Å². The zero-order valence-electron chi connectivity index (χ0n) is 9.50. The van der Waals surface area contributed by atoms with Crippen LogP contribution in [0.15, 0.2) is 41.8 Å². The van der Waals surface area contributed by atoms with Gasteiger partial charge in [0, 0.05) is 6.54 Å². The second-order valence-corrected chi connectivity index (χ2v) is 5.35. The van der Waals surface area contributed by atoms with Crippen LogP contribution in [0.25, 0.3) is 6.08 Å². The molecule has 5 heteroatoms. The molecule has 0 bridgehead atoms. The Hall–Kier alpha value is -1.59. The second-order valence-electron chi connectivity index (χ2n) is 3.67. The first-order chi connectivity index (χ1) is 8.61. The highest BCUT2D eigenvalue weighted by Gasteiger charge is 2.30. The number of carbonyl (C=O) groups excluding carboxylic acids is 1. The van der Waals surface area contributed by atoms with E-state index >= 15 is 0 Å². The van der Waals surface area contributed by atoms with Crippen LogP contribution < -0.4 is 0 Å². The minimum atomic E-state index is -0.0991. The summed E-state index contributed by atoms with van der Waals surface area (Å²) >= 11 is 6.42. The molecule has 1 aliphatic heterocycles. The molecule has 0 radical (unpaired) electrons. The van der Waals surface area contributed by atoms with E-state index < -0.39 is 0 Å². The van der Waals surface area contributed by atoms with Gasteiger partial charge in [-0.15, -0.1) is 6.58 Å². The van der Waals surface area contributed by atoms with Gasteiger partial charge in [0.2, 0.25) is 0 Å². The number of thiocarbonyl (C=S) groups is 1. The molecule has 1 aliphatic rings. The Labute approximate surface area is 115 Å². The lowest BCUT2D eigenvalue weighted by Gasteiger charge is -2.10. The molecule has 0 unspecified atom stereocenters. The molecule has 1 amide bonds. The number of aromatic hydroxyl groups is 1. The zero-order chi connectivity index (χ0) is 13.1. The van der Waals surface area contributed by atoms with Crippen molar-refractivity contribution in [3.05, 3.63) is 47.4 Å². The molecule has 1 saturated heterocycles. The third-order valence-electron chi connectivity index (χ3n) is 2.38. The van der Waals surface area contributed by atoms with Gasteiger partial charge in [0.1, 0.15) is 10.1 Å². The van der Waals surface area contributed by atoms with Crippen molar-refractivity contribution in [3.8, 4) is 5.75 Å². The summed E-state index contributed by atoms with van der Waals surface area (Å²) in [6.45, 7) is 4.03. The van der Waals surface area contributed by atoms with Gasteiger partial charge >= 0.3 is 0 Å². The van der Waals surface area contributed by atoms with Crippen molar-refractivity contribution in [2.45, 2.75) is 0 Å². The highest BCUT2D eigenvalue weighted by Crippen LogP contribution is 2.32. The predicted octanol–water partition coefficient (Wildman–Crippen LogP) is 2.78. The summed E-state index contributed by atoms with van der Waals surface area (Å²) in [6, 6.07) is 6.65. The fraction of sp³-hybridized carbons (Fsp3) is 0.0769. The van der Waals surface area contributed by atoms with Crippen LogP contribution in [-0.4, -0.2) is 26.8 Å². The molecule has 0 atom stereocenters. The summed E-state index contributed by atoms with van der Waals surface area (Å²) in [5.74, 6) is 0.101. The summed E-state index contributed by atoms with van der Waals surface area (Å²) < 4.78 is 0.546. The van der Waals surface area contributed by atoms with E-state index in [9.17, 15) is 9.90 Å². The lowest BCUT2D eigenvalue weighted by molar-refractivity contribution is -0.121. The summed E-state index contributed by atoms with van der Waals surface area (Å²) in [4.78, 5) is 14.1. The molecule has 0 aromatic heterocycles. The summed E-state index contributed by atoms with van der Waals surface area (Å²) in [5.41, 5.74) is 0.854. The number of rotatable bonds is 3. The zero-order valence-corrected chi connectivity index (χ0v) is 11.1. The fourth-order valence-corrected chi connectivity index (χ4v) is 2.78. The molecule has 1 aromatic carbocycles. The Balaban J connectivity index is 2.24. The minimum Gasteiger partial charge on any atom is -0.508 e. The topological polar surface area (TPSA) is 40.5 Å². The number of hydrogen-bond acceptors (Lipinski definition) is 4. The van der Waals surface area contributed by atoms with Crippen LogP contribution >= 0.6 is 24.0 Å². The van der Waals surface area contributed by atoms with E-state index in [-0.39, 0.29) is 11.7 Å². The largest absolute Gasteiger partial charge is 0.508 e. The van der Waals surface area contributed by atoms with Crippen molar-refractivity contribution in [1.29, 1.82) is 0 Å². The minimum absolute atomic E-state index is 0.0991. The molecule has 3 nitrogen and oxygen atoms in total. The molecule has 0 spiro atoms. The Morgan fingerprint density at radius 1 is 1.39 bits per heavy atom. The lowest BCUT2D eigenvalue weighted by Crippen LogP contribution is -2.27. The smallest absolute Gasteiger partial charge is 0.266 e. The van der Waals surface area contributed by atoms with E-state index in [1.54, 1.807) is 36.4 Å². The predicted molar refractivity (Wildman–Crippen MR) is 78.2 cm³/mol. The molecular weight excluding hydrogens is 266 g/mol. The van der Waals surface area contributed by atoms with Crippen molar-refractivity contribution in [3.63, 3.8) is 0 Å². The van der Waals surface area contributed by atoms with Crippen LogP contribution in [0.2, 0.25) is 0 Å². The lowest BCUT2D eigenvalue weighted by atomic mass is 10.2. The van der Waals surface area contributed by atoms with Gasteiger partial charge in [0.25, 0.3) is 5.91 Å². The quantitative estimate of drug-likeness (QED) is 0.524. The van der Waals surface area contributed by atoms with Crippen LogP contribution in [0.3, 0.4) is 0 Å². The average molecular weight is 277 g/mol. The van der Waals surface area contributed by atoms with Crippen molar-refractivity contribution < 1.29 is 9.90 Å². The van der Waals surface area contributed by atoms with Gasteiger partial charge in [-0.2, -0.15) is 0 Å². The number of benzene rings is 1. The number of phenols is 1. The molecule has 18 heavy (non-hydrogen) atoms. The van der Waals surface area contributed by atoms with E-state index in [0.717, 1.165) is 5.56 Å². The highest BCUT2D eigenvalue weighted by atomic mass is 32.2. The second kappa shape index (κ2) is 5.37. The van der Waals surface area contributed by atoms with Gasteiger partial charge < -0.3 is 5.11 Å². The van der Waals surface area contributed by atoms with E-state index in [1.165, 1.54) is 16.7 Å². The maximum Gasteiger partial charge on any atom is 0.266 e. The Morgan fingerprint density at radius 3 is 2.67 bits per heavy atom. The van der Waals surface area contributed by atoms with Gasteiger partial charge in [-0.05, 0) is 23.8 Å². The number of thioether (sulfide) groups is 1. The first kappa shape index (κ1) is 12.9. The molecule has 1 aromatic rings. The van der Waals surface area contributed by atoms with E-state index in [4.69, 9.17) is 12.2 Å². The van der Waals surface area contributed by atoms with Crippen LogP contribution in [0, 0.1) is 0 Å². The summed E-state index contributed by atoms with van der Waals surface area (Å²) in [6.07, 6.45) is 3.41. The van der Waals surface area contributed by atoms with Gasteiger partial charge in [-0.25, -0.2) is 0 Å². The van der Waals surface area contributed by atoms with Gasteiger partial charge in [-0.3, -0.25) is 9.69 Å². The van der Waals surface area contributed by atoms with Crippen LogP contribution in [0.1, 0.15) is 5.56 Å². The Morgan fingerprint density at radius 2 is 2.06 bits per heavy atom. The van der Waals surface area contributed by atoms with Crippen molar-refractivity contribution in [2.24, 2.45) is 0 Å². The number of phenolic OH excluding ortho intramolecular Hbond substituents is 1.